The average Bonchev–Trinajstić information content (AvgIpc) is 2.63. The molecule has 2 rings (SSSR count). The van der Waals surface area contributed by atoms with E-state index in [2.05, 4.69) is 10.6 Å². The third kappa shape index (κ3) is 4.58. The maximum atomic E-state index is 11.8. The number of aryl methyl sites for hydroxylation is 1. The van der Waals surface area contributed by atoms with Crippen LogP contribution in [0.3, 0.4) is 0 Å². The van der Waals surface area contributed by atoms with E-state index in [9.17, 15) is 9.59 Å². The van der Waals surface area contributed by atoms with Crippen LogP contribution < -0.4 is 10.6 Å². The Balaban J connectivity index is 2.26. The molecule has 0 heterocycles. The largest absolute Gasteiger partial charge is 0.465 e. The number of ether oxygens (including phenoxy) is 2. The second kappa shape index (κ2) is 8.44. The fraction of sp³-hybridized carbons (Fsp3) is 0.211. The van der Waals surface area contributed by atoms with E-state index in [0.29, 0.717) is 10.8 Å². The molecule has 2 N–H and O–H groups in total. The van der Waals surface area contributed by atoms with Crippen LogP contribution in [0.2, 0.25) is 0 Å². The molecule has 0 saturated heterocycles. The van der Waals surface area contributed by atoms with Gasteiger partial charge in [0.1, 0.15) is 0 Å². The van der Waals surface area contributed by atoms with E-state index in [1.807, 2.05) is 32.0 Å². The van der Waals surface area contributed by atoms with Gasteiger partial charge in [0.05, 0.1) is 25.3 Å². The second-order valence-electron chi connectivity index (χ2n) is 5.61. The smallest absolute Gasteiger partial charge is 0.337 e. The minimum absolute atomic E-state index is 0.215. The quantitative estimate of drug-likeness (QED) is 0.626. The van der Waals surface area contributed by atoms with Gasteiger partial charge in [-0.1, -0.05) is 12.1 Å². The number of rotatable bonds is 4. The van der Waals surface area contributed by atoms with Crippen LogP contribution in [0.5, 0.6) is 0 Å². The molecule has 2 aromatic carbocycles. The molecule has 0 unspecified atom stereocenters. The summed E-state index contributed by atoms with van der Waals surface area (Å²) in [6.45, 7) is 4.01. The molecule has 0 fully saturated rings. The number of nitrogens with one attached hydrogen (secondary N) is 2. The summed E-state index contributed by atoms with van der Waals surface area (Å²) in [6.07, 6.45) is 0. The topological polar surface area (TPSA) is 76.7 Å². The van der Waals surface area contributed by atoms with Crippen LogP contribution in [-0.2, 0) is 9.47 Å². The van der Waals surface area contributed by atoms with E-state index in [1.165, 1.54) is 20.3 Å². The molecule has 0 radical (unpaired) electrons. The summed E-state index contributed by atoms with van der Waals surface area (Å²) in [5, 5.41) is 6.42. The van der Waals surface area contributed by atoms with Gasteiger partial charge in [0.25, 0.3) is 0 Å². The van der Waals surface area contributed by atoms with Crippen LogP contribution in [0.1, 0.15) is 31.8 Å². The van der Waals surface area contributed by atoms with Crippen LogP contribution in [0, 0.1) is 13.8 Å². The first kappa shape index (κ1) is 19.4. The van der Waals surface area contributed by atoms with Gasteiger partial charge in [0.15, 0.2) is 5.11 Å². The van der Waals surface area contributed by atoms with Crippen molar-refractivity contribution in [3.05, 3.63) is 58.7 Å². The molecule has 0 aromatic heterocycles. The normalized spacial score (nSPS) is 10.0. The summed E-state index contributed by atoms with van der Waals surface area (Å²) < 4.78 is 9.44. The number of thiocarbonyl (C=S) groups is 1. The Bertz CT molecular complexity index is 830. The molecule has 2 aromatic rings. The predicted molar refractivity (Wildman–Crippen MR) is 105 cm³/mol. The van der Waals surface area contributed by atoms with Crippen molar-refractivity contribution in [1.82, 2.24) is 0 Å². The molecule has 0 aliphatic carbocycles. The second-order valence-corrected chi connectivity index (χ2v) is 6.02. The highest BCUT2D eigenvalue weighted by Gasteiger charge is 2.14. The van der Waals surface area contributed by atoms with Crippen molar-refractivity contribution < 1.29 is 19.1 Å². The van der Waals surface area contributed by atoms with Crippen molar-refractivity contribution in [3.63, 3.8) is 0 Å². The number of benzene rings is 2. The highest BCUT2D eigenvalue weighted by molar-refractivity contribution is 7.80. The Hall–Kier alpha value is -2.93. The molecule has 136 valence electrons. The highest BCUT2D eigenvalue weighted by Crippen LogP contribution is 2.20. The molecule has 0 bridgehead atoms. The summed E-state index contributed by atoms with van der Waals surface area (Å²) in [4.78, 5) is 23.7. The lowest BCUT2D eigenvalue weighted by atomic mass is 10.1. The number of methoxy groups -OCH3 is 2. The van der Waals surface area contributed by atoms with Crippen LogP contribution in [0.4, 0.5) is 11.4 Å². The van der Waals surface area contributed by atoms with Gasteiger partial charge in [0.2, 0.25) is 0 Å². The standard InChI is InChI=1S/C19H20N2O4S/c1-11-6-5-7-16(12(11)2)21-19(26)20-15-9-13(17(22)24-3)8-14(10-15)18(23)25-4/h5-10H,1-4H3,(H2,20,21,26). The molecule has 0 aliphatic heterocycles. The Morgan fingerprint density at radius 1 is 0.923 bits per heavy atom. The minimum atomic E-state index is -0.563. The van der Waals surface area contributed by atoms with Gasteiger partial charge in [-0.15, -0.1) is 0 Å². The lowest BCUT2D eigenvalue weighted by Gasteiger charge is -2.15. The van der Waals surface area contributed by atoms with Crippen LogP contribution in [0.15, 0.2) is 36.4 Å². The summed E-state index contributed by atoms with van der Waals surface area (Å²) >= 11 is 5.34. The van der Waals surface area contributed by atoms with Gasteiger partial charge >= 0.3 is 11.9 Å². The number of carbonyl (C=O) groups excluding carboxylic acids is 2. The molecule has 0 saturated carbocycles. The number of carbonyl (C=O) groups is 2. The van der Waals surface area contributed by atoms with Crippen LogP contribution >= 0.6 is 12.2 Å². The lowest BCUT2D eigenvalue weighted by Crippen LogP contribution is -2.20. The van der Waals surface area contributed by atoms with E-state index < -0.39 is 11.9 Å². The van der Waals surface area contributed by atoms with E-state index in [1.54, 1.807) is 12.1 Å². The maximum absolute atomic E-state index is 11.8. The Morgan fingerprint density at radius 2 is 1.50 bits per heavy atom. The predicted octanol–water partition coefficient (Wildman–Crippen LogP) is 3.69. The molecule has 6 nitrogen and oxygen atoms in total. The first-order chi connectivity index (χ1) is 12.3. The van der Waals surface area contributed by atoms with Crippen LogP contribution in [-0.4, -0.2) is 31.3 Å². The van der Waals surface area contributed by atoms with Gasteiger partial charge < -0.3 is 20.1 Å². The van der Waals surface area contributed by atoms with Gasteiger partial charge in [-0.3, -0.25) is 0 Å². The molecular formula is C19H20N2O4S. The van der Waals surface area contributed by atoms with E-state index in [-0.39, 0.29) is 11.1 Å². The van der Waals surface area contributed by atoms with Crippen molar-refractivity contribution in [2.45, 2.75) is 13.8 Å². The minimum Gasteiger partial charge on any atom is -0.465 e. The molecule has 26 heavy (non-hydrogen) atoms. The van der Waals surface area contributed by atoms with Crippen LogP contribution in [0.25, 0.3) is 0 Å². The molecule has 0 amide bonds. The zero-order valence-corrected chi connectivity index (χ0v) is 15.8. The zero-order valence-electron chi connectivity index (χ0n) is 15.0. The number of hydrogen-bond acceptors (Lipinski definition) is 5. The van der Waals surface area contributed by atoms with Gasteiger partial charge in [-0.25, -0.2) is 9.59 Å². The summed E-state index contributed by atoms with van der Waals surface area (Å²) in [6, 6.07) is 10.4. The number of hydrogen-bond donors (Lipinski definition) is 2. The fourth-order valence-corrected chi connectivity index (χ4v) is 2.57. The molecule has 0 spiro atoms. The van der Waals surface area contributed by atoms with Gasteiger partial charge in [-0.2, -0.15) is 0 Å². The number of anilines is 2. The highest BCUT2D eigenvalue weighted by atomic mass is 32.1. The van der Waals surface area contributed by atoms with Crippen molar-refractivity contribution in [2.75, 3.05) is 24.9 Å². The third-order valence-electron chi connectivity index (χ3n) is 3.89. The maximum Gasteiger partial charge on any atom is 0.337 e. The summed E-state index contributed by atoms with van der Waals surface area (Å²) in [5.74, 6) is -1.13. The molecule has 7 heteroatoms. The number of esters is 2. The van der Waals surface area contributed by atoms with E-state index >= 15 is 0 Å². The SMILES string of the molecule is COC(=O)c1cc(NC(=S)Nc2cccc(C)c2C)cc(C(=O)OC)c1. The first-order valence-electron chi connectivity index (χ1n) is 7.81. The third-order valence-corrected chi connectivity index (χ3v) is 4.09. The lowest BCUT2D eigenvalue weighted by molar-refractivity contribution is 0.0599. The van der Waals surface area contributed by atoms with Gasteiger partial charge in [0, 0.05) is 11.4 Å². The molecule has 0 aliphatic rings. The molecular weight excluding hydrogens is 352 g/mol. The molecule has 0 atom stereocenters. The van der Waals surface area contributed by atoms with Crippen molar-refractivity contribution in [3.8, 4) is 0 Å². The average molecular weight is 372 g/mol. The fourth-order valence-electron chi connectivity index (χ4n) is 2.34. The van der Waals surface area contributed by atoms with E-state index in [0.717, 1.165) is 16.8 Å². The Labute approximate surface area is 157 Å². The van der Waals surface area contributed by atoms with Crippen molar-refractivity contribution in [2.24, 2.45) is 0 Å². The summed E-state index contributed by atoms with van der Waals surface area (Å²) in [5.41, 5.74) is 3.99. The Kier molecular flexibility index (Phi) is 6.30. The zero-order chi connectivity index (χ0) is 19.3. The first-order valence-corrected chi connectivity index (χ1v) is 8.22. The Morgan fingerprint density at radius 3 is 2.04 bits per heavy atom. The van der Waals surface area contributed by atoms with E-state index in [4.69, 9.17) is 21.7 Å². The van der Waals surface area contributed by atoms with Crippen molar-refractivity contribution >= 4 is 40.6 Å². The van der Waals surface area contributed by atoms with Gasteiger partial charge in [-0.05, 0) is 61.5 Å². The summed E-state index contributed by atoms with van der Waals surface area (Å²) in [7, 11) is 2.54. The van der Waals surface area contributed by atoms with Crippen molar-refractivity contribution in [1.29, 1.82) is 0 Å². The monoisotopic (exact) mass is 372 g/mol.